The Morgan fingerprint density at radius 3 is 1.86 bits per heavy atom. The molecular formula is C25H25NO2. The summed E-state index contributed by atoms with van der Waals surface area (Å²) in [6.45, 7) is 0.913. The summed E-state index contributed by atoms with van der Waals surface area (Å²) >= 11 is 0. The zero-order valence-electron chi connectivity index (χ0n) is 15.8. The molecule has 1 aliphatic heterocycles. The van der Waals surface area contributed by atoms with Crippen molar-refractivity contribution in [2.45, 2.75) is 12.1 Å². The number of aliphatic hydroxyl groups excluding tert-OH is 1. The van der Waals surface area contributed by atoms with Gasteiger partial charge in [-0.1, -0.05) is 66.7 Å². The molecule has 5 atom stereocenters. The molecule has 0 bridgehead atoms. The van der Waals surface area contributed by atoms with Crippen molar-refractivity contribution in [3.8, 4) is 0 Å². The molecule has 3 aromatic carbocycles. The molecule has 1 aliphatic carbocycles. The van der Waals surface area contributed by atoms with Crippen molar-refractivity contribution in [3.63, 3.8) is 0 Å². The van der Waals surface area contributed by atoms with Gasteiger partial charge in [0.15, 0.2) is 0 Å². The van der Waals surface area contributed by atoms with Gasteiger partial charge in [0, 0.05) is 35.9 Å². The summed E-state index contributed by atoms with van der Waals surface area (Å²) in [6, 6.07) is 31.7. The predicted molar refractivity (Wildman–Crippen MR) is 112 cm³/mol. The van der Waals surface area contributed by atoms with E-state index in [4.69, 9.17) is 4.74 Å². The van der Waals surface area contributed by atoms with E-state index in [1.807, 2.05) is 18.2 Å². The summed E-state index contributed by atoms with van der Waals surface area (Å²) in [5.74, 6) is 0.967. The number of rotatable bonds is 5. The van der Waals surface area contributed by atoms with Crippen molar-refractivity contribution < 1.29 is 9.84 Å². The summed E-state index contributed by atoms with van der Waals surface area (Å²) in [7, 11) is 0. The molecular weight excluding hydrogens is 346 g/mol. The molecule has 1 N–H and O–H groups in total. The number of fused-ring (bicyclic) bond motifs is 1. The monoisotopic (exact) mass is 371 g/mol. The maximum atomic E-state index is 10.2. The van der Waals surface area contributed by atoms with Crippen molar-refractivity contribution in [3.05, 3.63) is 96.6 Å². The van der Waals surface area contributed by atoms with Crippen LogP contribution in [0.15, 0.2) is 91.0 Å². The number of ether oxygens (including phenoxy) is 1. The molecule has 2 aliphatic rings. The first-order valence-corrected chi connectivity index (χ1v) is 10.0. The molecule has 2 fully saturated rings. The third-order valence-electron chi connectivity index (χ3n) is 6.40. The molecule has 1 saturated heterocycles. The minimum atomic E-state index is 0.0777. The predicted octanol–water partition coefficient (Wildman–Crippen LogP) is 4.82. The maximum absolute atomic E-state index is 10.2. The zero-order chi connectivity index (χ0) is 18.9. The van der Waals surface area contributed by atoms with Crippen molar-refractivity contribution in [1.29, 1.82) is 0 Å². The van der Waals surface area contributed by atoms with Crippen molar-refractivity contribution in [2.75, 3.05) is 18.1 Å². The fraction of sp³-hybridized carbons (Fsp3) is 0.280. The average Bonchev–Trinajstić information content (AvgIpc) is 3.13. The van der Waals surface area contributed by atoms with Gasteiger partial charge in [-0.3, -0.25) is 0 Å². The van der Waals surface area contributed by atoms with E-state index in [1.165, 1.54) is 5.56 Å². The molecule has 0 aromatic heterocycles. The Morgan fingerprint density at radius 2 is 1.32 bits per heavy atom. The standard InChI is InChI=1S/C25H25NO2/c27-16-21-22-17-28-25(18-10-4-1-5-11-18)23(22)24(21)26(19-12-6-2-7-13-19)20-14-8-3-9-15-20/h1-15,21-25,27H,16-17H2/t21-,22+,23+,24+,25+/m1/s1. The van der Waals surface area contributed by atoms with Gasteiger partial charge in [-0.25, -0.2) is 0 Å². The molecule has 0 spiro atoms. The Balaban J connectivity index is 1.57. The van der Waals surface area contributed by atoms with Crippen molar-refractivity contribution >= 4 is 11.4 Å². The van der Waals surface area contributed by atoms with E-state index in [2.05, 4.69) is 77.7 Å². The lowest BCUT2D eigenvalue weighted by molar-refractivity contribution is 0.0114. The SMILES string of the molecule is OC[C@@H]1[C@@H]2CO[C@@H](c3ccccc3)[C@@H]2[C@H]1N(c1ccccc1)c1ccccc1. The van der Waals surface area contributed by atoms with Crippen LogP contribution in [-0.4, -0.2) is 24.4 Å². The van der Waals surface area contributed by atoms with Crippen molar-refractivity contribution in [1.82, 2.24) is 0 Å². The molecule has 3 nitrogen and oxygen atoms in total. The molecule has 3 heteroatoms. The second-order valence-electron chi connectivity index (χ2n) is 7.78. The topological polar surface area (TPSA) is 32.7 Å². The van der Waals surface area contributed by atoms with Gasteiger partial charge in [0.05, 0.1) is 12.7 Å². The van der Waals surface area contributed by atoms with Gasteiger partial charge >= 0.3 is 0 Å². The molecule has 28 heavy (non-hydrogen) atoms. The summed E-state index contributed by atoms with van der Waals surface area (Å²) in [6.07, 6.45) is 0.0777. The van der Waals surface area contributed by atoms with Gasteiger partial charge in [0.25, 0.3) is 0 Å². The molecule has 142 valence electrons. The summed E-state index contributed by atoms with van der Waals surface area (Å²) in [5, 5.41) is 10.2. The number of hydrogen-bond acceptors (Lipinski definition) is 3. The fourth-order valence-electron chi connectivity index (χ4n) is 5.13. The van der Waals surface area contributed by atoms with E-state index in [0.29, 0.717) is 11.8 Å². The lowest BCUT2D eigenvalue weighted by Crippen LogP contribution is -2.60. The molecule has 0 unspecified atom stereocenters. The largest absolute Gasteiger partial charge is 0.396 e. The number of anilines is 2. The van der Waals surface area contributed by atoms with E-state index in [1.54, 1.807) is 0 Å². The highest BCUT2D eigenvalue weighted by Crippen LogP contribution is 2.57. The van der Waals surface area contributed by atoms with Crippen molar-refractivity contribution in [2.24, 2.45) is 17.8 Å². The average molecular weight is 371 g/mol. The highest BCUT2D eigenvalue weighted by molar-refractivity contribution is 5.65. The molecule has 3 aromatic rings. The highest BCUT2D eigenvalue weighted by atomic mass is 16.5. The number of aliphatic hydroxyl groups is 1. The molecule has 0 amide bonds. The Bertz CT molecular complexity index is 860. The summed E-state index contributed by atoms with van der Waals surface area (Å²) in [4.78, 5) is 2.41. The van der Waals surface area contributed by atoms with E-state index in [0.717, 1.165) is 18.0 Å². The number of benzene rings is 3. The van der Waals surface area contributed by atoms with Crippen LogP contribution in [0.5, 0.6) is 0 Å². The van der Waals surface area contributed by atoms with Crippen LogP contribution in [0.4, 0.5) is 11.4 Å². The first-order chi connectivity index (χ1) is 13.9. The minimum Gasteiger partial charge on any atom is -0.396 e. The van der Waals surface area contributed by atoms with Gasteiger partial charge in [-0.2, -0.15) is 0 Å². The minimum absolute atomic E-state index is 0.0777. The van der Waals surface area contributed by atoms with Gasteiger partial charge in [-0.05, 0) is 35.7 Å². The van der Waals surface area contributed by atoms with Gasteiger partial charge in [0.2, 0.25) is 0 Å². The van der Waals surface area contributed by atoms with Crippen LogP contribution in [-0.2, 0) is 4.74 Å². The Labute approximate surface area is 166 Å². The lowest BCUT2D eigenvalue weighted by Gasteiger charge is -2.54. The van der Waals surface area contributed by atoms with E-state index >= 15 is 0 Å². The quantitative estimate of drug-likeness (QED) is 0.698. The van der Waals surface area contributed by atoms with Crippen LogP contribution in [0.25, 0.3) is 0 Å². The maximum Gasteiger partial charge on any atom is 0.0876 e. The second kappa shape index (κ2) is 7.42. The van der Waals surface area contributed by atoms with E-state index in [-0.39, 0.29) is 24.7 Å². The van der Waals surface area contributed by atoms with Crippen LogP contribution in [0.2, 0.25) is 0 Å². The van der Waals surface area contributed by atoms with Crippen LogP contribution < -0.4 is 4.90 Å². The van der Waals surface area contributed by atoms with Gasteiger partial charge in [0.1, 0.15) is 0 Å². The third kappa shape index (κ3) is 2.83. The normalized spacial score (nSPS) is 28.4. The Morgan fingerprint density at radius 1 is 0.786 bits per heavy atom. The second-order valence-corrected chi connectivity index (χ2v) is 7.78. The molecule has 0 radical (unpaired) electrons. The van der Waals surface area contributed by atoms with Crippen LogP contribution in [0.1, 0.15) is 11.7 Å². The zero-order valence-corrected chi connectivity index (χ0v) is 15.8. The van der Waals surface area contributed by atoms with Gasteiger partial charge in [-0.15, -0.1) is 0 Å². The first kappa shape index (κ1) is 17.5. The van der Waals surface area contributed by atoms with E-state index < -0.39 is 0 Å². The molecule has 1 saturated carbocycles. The molecule has 5 rings (SSSR count). The summed E-state index contributed by atoms with van der Waals surface area (Å²) in [5.41, 5.74) is 3.56. The van der Waals surface area contributed by atoms with E-state index in [9.17, 15) is 5.11 Å². The fourth-order valence-corrected chi connectivity index (χ4v) is 5.13. The number of para-hydroxylation sites is 2. The van der Waals surface area contributed by atoms with Crippen LogP contribution >= 0.6 is 0 Å². The van der Waals surface area contributed by atoms with Gasteiger partial charge < -0.3 is 14.7 Å². The Hall–Kier alpha value is -2.62. The lowest BCUT2D eigenvalue weighted by atomic mass is 9.59. The Kier molecular flexibility index (Phi) is 4.63. The molecule has 1 heterocycles. The highest BCUT2D eigenvalue weighted by Gasteiger charge is 2.60. The van der Waals surface area contributed by atoms with Crippen LogP contribution in [0.3, 0.4) is 0 Å². The number of hydrogen-bond donors (Lipinski definition) is 1. The van der Waals surface area contributed by atoms with Crippen LogP contribution in [0, 0.1) is 17.8 Å². The third-order valence-corrected chi connectivity index (χ3v) is 6.40. The smallest absolute Gasteiger partial charge is 0.0876 e. The summed E-state index contributed by atoms with van der Waals surface area (Å²) < 4.78 is 6.27. The number of nitrogens with zero attached hydrogens (tertiary/aromatic N) is 1. The first-order valence-electron chi connectivity index (χ1n) is 10.0.